The minimum Gasteiger partial charge on any atom is -0.491 e. The summed E-state index contributed by atoms with van der Waals surface area (Å²) in [6.45, 7) is 4.03. The first-order chi connectivity index (χ1) is 15.8. The van der Waals surface area contributed by atoms with E-state index in [1.54, 1.807) is 19.1 Å². The molecule has 34 heavy (non-hydrogen) atoms. The van der Waals surface area contributed by atoms with Crippen molar-refractivity contribution in [1.29, 1.82) is 0 Å². The minimum absolute atomic E-state index is 0. The maximum atomic E-state index is 11.6. The molecule has 0 amide bonds. The van der Waals surface area contributed by atoms with Gasteiger partial charge in [-0.1, -0.05) is 35.9 Å². The monoisotopic (exact) mass is 510 g/mol. The third-order valence-corrected chi connectivity index (χ3v) is 6.72. The summed E-state index contributed by atoms with van der Waals surface area (Å²) in [6.07, 6.45) is 3.67. The Hall–Kier alpha value is -1.79. The zero-order valence-electron chi connectivity index (χ0n) is 20.5. The van der Waals surface area contributed by atoms with Crippen molar-refractivity contribution >= 4 is 30.0 Å². The van der Waals surface area contributed by atoms with Gasteiger partial charge in [-0.2, -0.15) is 0 Å². The number of aliphatic hydroxyl groups excluding tert-OH is 1. The number of carbonyl (C=O) groups is 1. The molecule has 3 rings (SSSR count). The third-order valence-electron chi connectivity index (χ3n) is 6.35. The quantitative estimate of drug-likeness (QED) is 0.326. The lowest BCUT2D eigenvalue weighted by atomic mass is 10.0. The molecule has 1 aliphatic rings. The average molecular weight is 512 g/mol. The number of nitrogens with zero attached hydrogens (tertiary/aromatic N) is 1. The number of rotatable bonds is 12. The maximum absolute atomic E-state index is 11.6. The van der Waals surface area contributed by atoms with Gasteiger partial charge >= 0.3 is 5.97 Å². The first kappa shape index (κ1) is 28.4. The fourth-order valence-electron chi connectivity index (χ4n) is 4.60. The Morgan fingerprint density at radius 1 is 1.18 bits per heavy atom. The molecule has 0 spiro atoms. The molecule has 1 N–H and O–H groups in total. The lowest BCUT2D eigenvalue weighted by Crippen LogP contribution is -2.48. The molecule has 0 saturated heterocycles. The molecule has 5 nitrogen and oxygen atoms in total. The predicted molar refractivity (Wildman–Crippen MR) is 139 cm³/mol. The summed E-state index contributed by atoms with van der Waals surface area (Å²) in [5, 5.41) is 11.2. The number of quaternary nitrogens is 1. The van der Waals surface area contributed by atoms with Crippen LogP contribution in [-0.2, 0) is 28.8 Å². The highest BCUT2D eigenvalue weighted by molar-refractivity contribution is 6.31. The number of esters is 1. The van der Waals surface area contributed by atoms with Crippen LogP contribution in [0.1, 0.15) is 36.5 Å². The van der Waals surface area contributed by atoms with Gasteiger partial charge in [0.05, 0.1) is 27.2 Å². The van der Waals surface area contributed by atoms with E-state index in [4.69, 9.17) is 21.1 Å². The van der Waals surface area contributed by atoms with E-state index in [-0.39, 0.29) is 31.4 Å². The van der Waals surface area contributed by atoms with Crippen molar-refractivity contribution in [2.75, 3.05) is 40.4 Å². The molecule has 0 radical (unpaired) electrons. The fraction of sp³-hybridized carbons (Fsp3) is 0.519. The highest BCUT2D eigenvalue weighted by Gasteiger charge is 2.26. The molecule has 0 aliphatic heterocycles. The summed E-state index contributed by atoms with van der Waals surface area (Å²) < 4.78 is 11.6. The molecule has 1 aliphatic carbocycles. The zero-order chi connectivity index (χ0) is 23.8. The molecule has 0 heterocycles. The van der Waals surface area contributed by atoms with E-state index in [2.05, 4.69) is 38.4 Å². The maximum Gasteiger partial charge on any atom is 0.306 e. The highest BCUT2D eigenvalue weighted by Crippen LogP contribution is 2.29. The van der Waals surface area contributed by atoms with Crippen molar-refractivity contribution in [2.45, 2.75) is 45.1 Å². The van der Waals surface area contributed by atoms with E-state index in [0.717, 1.165) is 35.9 Å². The van der Waals surface area contributed by atoms with Gasteiger partial charge in [-0.05, 0) is 67.0 Å². The molecule has 0 fully saturated rings. The predicted octanol–water partition coefficient (Wildman–Crippen LogP) is 4.88. The van der Waals surface area contributed by atoms with E-state index >= 15 is 0 Å². The van der Waals surface area contributed by atoms with Crippen LogP contribution < -0.4 is 4.74 Å². The molecular weight excluding hydrogens is 473 g/mol. The van der Waals surface area contributed by atoms with Crippen LogP contribution >= 0.6 is 24.0 Å². The highest BCUT2D eigenvalue weighted by atomic mass is 35.5. The van der Waals surface area contributed by atoms with E-state index in [9.17, 15) is 9.90 Å². The molecule has 0 bridgehead atoms. The standard InChI is InChI=1S/C27H37ClNO4.ClH/c1-4-32-27(31)12-9-23-17-25(10-11-26(23)28)33-19-24(30)18-29(2,3)14-13-20-15-21-7-5-6-8-22(21)16-20;/h5-8,10-11,17,20,24,30H,4,9,12-16,18-19H2,1-3H3;1H/q+1;/t24-;/m1./s1. The van der Waals surface area contributed by atoms with Crippen molar-refractivity contribution in [3.63, 3.8) is 0 Å². The van der Waals surface area contributed by atoms with Crippen molar-refractivity contribution < 1.29 is 23.9 Å². The van der Waals surface area contributed by atoms with Crippen LogP contribution in [0.3, 0.4) is 0 Å². The Bertz CT molecular complexity index is 910. The summed E-state index contributed by atoms with van der Waals surface area (Å²) >= 11 is 6.27. The molecule has 188 valence electrons. The second-order valence-electron chi connectivity index (χ2n) is 9.70. The summed E-state index contributed by atoms with van der Waals surface area (Å²) in [4.78, 5) is 11.6. The molecular formula is C27H38Cl2NO4+. The van der Waals surface area contributed by atoms with Crippen LogP contribution in [-0.4, -0.2) is 62.1 Å². The van der Waals surface area contributed by atoms with Gasteiger partial charge in [0.2, 0.25) is 0 Å². The average Bonchev–Trinajstić information content (AvgIpc) is 3.19. The molecule has 0 aromatic heterocycles. The Kier molecular flexibility index (Phi) is 11.2. The SMILES string of the molecule is CCOC(=O)CCc1cc(OC[C@H](O)C[N+](C)(C)CCC2Cc3ccccc3C2)ccc1Cl.Cl. The Morgan fingerprint density at radius 2 is 1.85 bits per heavy atom. The molecule has 2 aromatic rings. The van der Waals surface area contributed by atoms with Gasteiger partial charge in [-0.3, -0.25) is 4.79 Å². The zero-order valence-corrected chi connectivity index (χ0v) is 22.0. The lowest BCUT2D eigenvalue weighted by Gasteiger charge is -2.32. The van der Waals surface area contributed by atoms with E-state index in [1.807, 2.05) is 6.07 Å². The Balaban J connectivity index is 0.00000408. The fourth-order valence-corrected chi connectivity index (χ4v) is 4.81. The van der Waals surface area contributed by atoms with Gasteiger partial charge in [0.25, 0.3) is 0 Å². The van der Waals surface area contributed by atoms with Crippen LogP contribution in [0, 0.1) is 5.92 Å². The molecule has 7 heteroatoms. The number of carbonyl (C=O) groups excluding carboxylic acids is 1. The largest absolute Gasteiger partial charge is 0.491 e. The van der Waals surface area contributed by atoms with Gasteiger partial charge in [0.15, 0.2) is 0 Å². The van der Waals surface area contributed by atoms with E-state index in [0.29, 0.717) is 36.3 Å². The summed E-state index contributed by atoms with van der Waals surface area (Å²) in [5.74, 6) is 1.10. The number of aliphatic hydroxyl groups is 1. The Labute approximate surface area is 215 Å². The lowest BCUT2D eigenvalue weighted by molar-refractivity contribution is -0.894. The van der Waals surface area contributed by atoms with E-state index in [1.165, 1.54) is 11.1 Å². The minimum atomic E-state index is -0.570. The van der Waals surface area contributed by atoms with Gasteiger partial charge in [-0.15, -0.1) is 12.4 Å². The molecule has 0 unspecified atom stereocenters. The van der Waals surface area contributed by atoms with Crippen LogP contribution in [0.5, 0.6) is 5.75 Å². The Morgan fingerprint density at radius 3 is 2.50 bits per heavy atom. The second-order valence-corrected chi connectivity index (χ2v) is 10.1. The number of ether oxygens (including phenoxy) is 2. The van der Waals surface area contributed by atoms with Gasteiger partial charge < -0.3 is 19.1 Å². The number of aryl methyl sites for hydroxylation is 1. The third kappa shape index (κ3) is 8.77. The number of hydrogen-bond acceptors (Lipinski definition) is 4. The van der Waals surface area contributed by atoms with Crippen molar-refractivity contribution in [1.82, 2.24) is 0 Å². The molecule has 1 atom stereocenters. The number of hydrogen-bond donors (Lipinski definition) is 1. The van der Waals surface area contributed by atoms with Crippen LogP contribution in [0.4, 0.5) is 0 Å². The first-order valence-electron chi connectivity index (χ1n) is 11.9. The topological polar surface area (TPSA) is 55.8 Å². The van der Waals surface area contributed by atoms with Crippen LogP contribution in [0.2, 0.25) is 5.02 Å². The van der Waals surface area contributed by atoms with E-state index < -0.39 is 6.10 Å². The van der Waals surface area contributed by atoms with Gasteiger partial charge in [0, 0.05) is 17.9 Å². The summed E-state index contributed by atoms with van der Waals surface area (Å²) in [5.41, 5.74) is 3.82. The van der Waals surface area contributed by atoms with Crippen LogP contribution in [0.15, 0.2) is 42.5 Å². The summed E-state index contributed by atoms with van der Waals surface area (Å²) in [7, 11) is 4.34. The first-order valence-corrected chi connectivity index (χ1v) is 12.3. The smallest absolute Gasteiger partial charge is 0.306 e. The molecule has 0 saturated carbocycles. The van der Waals surface area contributed by atoms with Crippen molar-refractivity contribution in [2.24, 2.45) is 5.92 Å². The number of likely N-dealkylation sites (N-methyl/N-ethyl adjacent to an activating group) is 1. The second kappa shape index (κ2) is 13.3. The van der Waals surface area contributed by atoms with Crippen LogP contribution in [0.25, 0.3) is 0 Å². The number of fused-ring (bicyclic) bond motifs is 1. The van der Waals surface area contributed by atoms with Crippen molar-refractivity contribution in [3.05, 3.63) is 64.2 Å². The van der Waals surface area contributed by atoms with Gasteiger partial charge in [-0.25, -0.2) is 0 Å². The number of benzene rings is 2. The number of halogens is 2. The normalized spacial score (nSPS) is 14.3. The molecule has 2 aromatic carbocycles. The summed E-state index contributed by atoms with van der Waals surface area (Å²) in [6, 6.07) is 14.1. The van der Waals surface area contributed by atoms with Crippen molar-refractivity contribution in [3.8, 4) is 5.75 Å². The van der Waals surface area contributed by atoms with Gasteiger partial charge in [0.1, 0.15) is 25.0 Å².